The Morgan fingerprint density at radius 3 is 2.68 bits per heavy atom. The molecule has 1 heterocycles. The van der Waals surface area contributed by atoms with Crippen LogP contribution in [0.15, 0.2) is 12.5 Å². The second kappa shape index (κ2) is 8.33. The van der Waals surface area contributed by atoms with Crippen LogP contribution in [0.5, 0.6) is 0 Å². The van der Waals surface area contributed by atoms with Crippen molar-refractivity contribution in [3.05, 3.63) is 18.2 Å². The maximum absolute atomic E-state index is 4.23. The predicted octanol–water partition coefficient (Wildman–Crippen LogP) is 2.36. The summed E-state index contributed by atoms with van der Waals surface area (Å²) in [6.45, 7) is 9.76. The molecule has 1 N–H and O–H groups in total. The normalized spacial score (nSPS) is 13.4. The molecule has 0 fully saturated rings. The van der Waals surface area contributed by atoms with E-state index in [9.17, 15) is 0 Å². The molecule has 110 valence electrons. The van der Waals surface area contributed by atoms with E-state index < -0.39 is 0 Å². The third-order valence-corrected chi connectivity index (χ3v) is 3.42. The molecule has 1 unspecified atom stereocenters. The fourth-order valence-electron chi connectivity index (χ4n) is 2.33. The van der Waals surface area contributed by atoms with Crippen molar-refractivity contribution in [3.63, 3.8) is 0 Å². The van der Waals surface area contributed by atoms with Gasteiger partial charge in [-0.05, 0) is 32.9 Å². The summed E-state index contributed by atoms with van der Waals surface area (Å²) in [5.74, 6) is 0.736. The summed E-state index contributed by atoms with van der Waals surface area (Å²) in [5, 5.41) is 3.57. The third kappa shape index (κ3) is 5.74. The molecule has 4 nitrogen and oxygen atoms in total. The van der Waals surface area contributed by atoms with Gasteiger partial charge in [-0.2, -0.15) is 0 Å². The second-order valence-corrected chi connectivity index (χ2v) is 5.96. The van der Waals surface area contributed by atoms with E-state index >= 15 is 0 Å². The average Bonchev–Trinajstić information content (AvgIpc) is 2.75. The van der Waals surface area contributed by atoms with E-state index in [1.54, 1.807) is 0 Å². The molecule has 1 aromatic heterocycles. The molecule has 1 rings (SSSR count). The first kappa shape index (κ1) is 16.2. The van der Waals surface area contributed by atoms with E-state index in [2.05, 4.69) is 54.6 Å². The van der Waals surface area contributed by atoms with E-state index in [-0.39, 0.29) is 0 Å². The van der Waals surface area contributed by atoms with Gasteiger partial charge in [0.25, 0.3) is 0 Å². The molecule has 0 aromatic carbocycles. The van der Waals surface area contributed by atoms with Gasteiger partial charge in [-0.25, -0.2) is 4.98 Å². The highest BCUT2D eigenvalue weighted by Crippen LogP contribution is 2.08. The molecule has 0 bridgehead atoms. The molecule has 0 spiro atoms. The highest BCUT2D eigenvalue weighted by Gasteiger charge is 2.13. The number of likely N-dealkylation sites (N-methyl/N-ethyl adjacent to an activating group) is 1. The van der Waals surface area contributed by atoms with Crippen molar-refractivity contribution in [2.45, 2.75) is 52.7 Å². The molecule has 1 aromatic rings. The fraction of sp³-hybridized carbons (Fsp3) is 0.800. The highest BCUT2D eigenvalue weighted by molar-refractivity contribution is 4.98. The van der Waals surface area contributed by atoms with Crippen molar-refractivity contribution in [1.29, 1.82) is 0 Å². The topological polar surface area (TPSA) is 33.1 Å². The van der Waals surface area contributed by atoms with Crippen LogP contribution in [0.2, 0.25) is 0 Å². The Morgan fingerprint density at radius 1 is 1.37 bits per heavy atom. The summed E-state index contributed by atoms with van der Waals surface area (Å²) in [4.78, 5) is 6.55. The lowest BCUT2D eigenvalue weighted by Gasteiger charge is -2.26. The van der Waals surface area contributed by atoms with Gasteiger partial charge < -0.3 is 14.8 Å². The van der Waals surface area contributed by atoms with Gasteiger partial charge in [0.2, 0.25) is 0 Å². The summed E-state index contributed by atoms with van der Waals surface area (Å²) < 4.78 is 2.24. The van der Waals surface area contributed by atoms with Gasteiger partial charge in [0.15, 0.2) is 0 Å². The van der Waals surface area contributed by atoms with Crippen molar-refractivity contribution in [2.24, 2.45) is 5.92 Å². The Labute approximate surface area is 118 Å². The zero-order valence-corrected chi connectivity index (χ0v) is 13.2. The fourth-order valence-corrected chi connectivity index (χ4v) is 2.33. The first-order valence-corrected chi connectivity index (χ1v) is 7.40. The van der Waals surface area contributed by atoms with E-state index in [0.717, 1.165) is 32.0 Å². The minimum absolute atomic E-state index is 0.600. The molecular weight excluding hydrogens is 236 g/mol. The van der Waals surface area contributed by atoms with Crippen LogP contribution in [-0.2, 0) is 13.1 Å². The summed E-state index contributed by atoms with van der Waals surface area (Å²) in [6, 6.07) is 0.600. The molecule has 4 heteroatoms. The number of aromatic nitrogens is 2. The van der Waals surface area contributed by atoms with Crippen LogP contribution in [0, 0.1) is 5.92 Å². The van der Waals surface area contributed by atoms with Crippen molar-refractivity contribution >= 4 is 0 Å². The molecule has 0 saturated carbocycles. The van der Waals surface area contributed by atoms with Crippen LogP contribution in [0.25, 0.3) is 0 Å². The van der Waals surface area contributed by atoms with E-state index in [1.807, 2.05) is 12.5 Å². The molecule has 19 heavy (non-hydrogen) atoms. The minimum Gasteiger partial charge on any atom is -0.333 e. The largest absolute Gasteiger partial charge is 0.333 e. The predicted molar refractivity (Wildman–Crippen MR) is 81.2 cm³/mol. The van der Waals surface area contributed by atoms with Gasteiger partial charge >= 0.3 is 0 Å². The minimum atomic E-state index is 0.600. The maximum Gasteiger partial charge on any atom is 0.0948 e. The van der Waals surface area contributed by atoms with Crippen molar-refractivity contribution in [3.8, 4) is 0 Å². The molecule has 0 aliphatic heterocycles. The molecule has 1 atom stereocenters. The number of nitrogens with zero attached hydrogens (tertiary/aromatic N) is 3. The van der Waals surface area contributed by atoms with E-state index in [1.165, 1.54) is 12.1 Å². The highest BCUT2D eigenvalue weighted by atomic mass is 15.1. The molecule has 0 saturated heterocycles. The van der Waals surface area contributed by atoms with Gasteiger partial charge in [0.1, 0.15) is 0 Å². The lowest BCUT2D eigenvalue weighted by atomic mass is 10.0. The van der Waals surface area contributed by atoms with E-state index in [0.29, 0.717) is 6.04 Å². The summed E-state index contributed by atoms with van der Waals surface area (Å²) >= 11 is 0. The van der Waals surface area contributed by atoms with Gasteiger partial charge in [-0.1, -0.05) is 20.8 Å². The molecule has 0 radical (unpaired) electrons. The quantitative estimate of drug-likeness (QED) is 0.745. The smallest absolute Gasteiger partial charge is 0.0948 e. The van der Waals surface area contributed by atoms with Gasteiger partial charge in [-0.15, -0.1) is 0 Å². The maximum atomic E-state index is 4.23. The van der Waals surface area contributed by atoms with Crippen molar-refractivity contribution in [1.82, 2.24) is 19.8 Å². The molecule has 0 amide bonds. The number of hydrogen-bond acceptors (Lipinski definition) is 3. The monoisotopic (exact) mass is 266 g/mol. The van der Waals surface area contributed by atoms with Crippen LogP contribution in [0.1, 0.15) is 39.3 Å². The molecule has 0 aliphatic carbocycles. The Kier molecular flexibility index (Phi) is 7.10. The first-order valence-electron chi connectivity index (χ1n) is 7.40. The number of rotatable bonds is 9. The second-order valence-electron chi connectivity index (χ2n) is 5.96. The number of hydrogen-bond donors (Lipinski definition) is 1. The average molecular weight is 266 g/mol. The number of nitrogens with one attached hydrogen (secondary N) is 1. The number of aryl methyl sites for hydroxylation is 1. The van der Waals surface area contributed by atoms with Crippen molar-refractivity contribution < 1.29 is 0 Å². The lowest BCUT2D eigenvalue weighted by Crippen LogP contribution is -2.38. The summed E-state index contributed by atoms with van der Waals surface area (Å²) in [6.07, 6.45) is 6.28. The van der Waals surface area contributed by atoms with Crippen LogP contribution in [0.3, 0.4) is 0 Å². The van der Waals surface area contributed by atoms with Gasteiger partial charge in [0.05, 0.1) is 12.0 Å². The van der Waals surface area contributed by atoms with Gasteiger partial charge in [0, 0.05) is 31.9 Å². The Hall–Kier alpha value is -0.870. The van der Waals surface area contributed by atoms with Crippen LogP contribution < -0.4 is 5.32 Å². The van der Waals surface area contributed by atoms with Crippen LogP contribution in [0.4, 0.5) is 0 Å². The Bertz CT molecular complexity index is 344. The van der Waals surface area contributed by atoms with Crippen LogP contribution >= 0.6 is 0 Å². The Balaban J connectivity index is 2.40. The standard InChI is InChI=1S/C15H30N4/c1-6-7-19-12-17-11-15(19)10-16-9-14(18(4)5)8-13(2)3/h11-14,16H,6-10H2,1-5H3. The number of imidazole rings is 1. The summed E-state index contributed by atoms with van der Waals surface area (Å²) in [5.41, 5.74) is 1.28. The zero-order chi connectivity index (χ0) is 14.3. The van der Waals surface area contributed by atoms with E-state index in [4.69, 9.17) is 0 Å². The third-order valence-electron chi connectivity index (χ3n) is 3.42. The zero-order valence-electron chi connectivity index (χ0n) is 13.2. The lowest BCUT2D eigenvalue weighted by molar-refractivity contribution is 0.246. The first-order chi connectivity index (χ1) is 9.04. The molecule has 0 aliphatic rings. The van der Waals surface area contributed by atoms with Crippen LogP contribution in [-0.4, -0.2) is 41.1 Å². The Morgan fingerprint density at radius 2 is 2.11 bits per heavy atom. The SMILES string of the molecule is CCCn1cncc1CNCC(CC(C)C)N(C)C. The van der Waals surface area contributed by atoms with Crippen molar-refractivity contribution in [2.75, 3.05) is 20.6 Å². The molecular formula is C15H30N4. The van der Waals surface area contributed by atoms with Gasteiger partial charge in [-0.3, -0.25) is 0 Å². The summed E-state index contributed by atoms with van der Waals surface area (Å²) in [7, 11) is 4.33.